The summed E-state index contributed by atoms with van der Waals surface area (Å²) in [5, 5.41) is 18.1. The summed E-state index contributed by atoms with van der Waals surface area (Å²) in [5.41, 5.74) is -1.66. The molecule has 0 saturated heterocycles. The SMILES string of the molecule is CCCC1CCC(C2CCC(C#CC#CC3(OC(=O)C4CCC(OCCCCCCO)CC4)CCC(C4CCC(CCC)CC4)CC3)(OC(=O)C3CCC(OCCCCCCO)CC3)CC2)CC1. The van der Waals surface area contributed by atoms with Gasteiger partial charge < -0.3 is 29.2 Å². The van der Waals surface area contributed by atoms with E-state index in [2.05, 4.69) is 37.5 Å². The molecular formula is C60H98O8. The first-order valence-corrected chi connectivity index (χ1v) is 29.2. The van der Waals surface area contributed by atoms with Gasteiger partial charge in [0, 0.05) is 26.4 Å². The third kappa shape index (κ3) is 17.9. The van der Waals surface area contributed by atoms with E-state index in [0.29, 0.717) is 11.8 Å². The van der Waals surface area contributed by atoms with Gasteiger partial charge in [-0.25, -0.2) is 0 Å². The van der Waals surface area contributed by atoms with E-state index in [1.165, 1.54) is 77.0 Å². The fourth-order valence-electron chi connectivity index (χ4n) is 13.8. The second kappa shape index (κ2) is 30.1. The summed E-state index contributed by atoms with van der Waals surface area (Å²) in [6.45, 7) is 6.64. The van der Waals surface area contributed by atoms with Crippen LogP contribution in [0.5, 0.6) is 0 Å². The molecule has 0 radical (unpaired) electrons. The number of carbonyl (C=O) groups excluding carboxylic acids is 2. The molecule has 6 saturated carbocycles. The van der Waals surface area contributed by atoms with Crippen molar-refractivity contribution in [3.8, 4) is 23.7 Å². The second-order valence-electron chi connectivity index (χ2n) is 23.1. The maximum Gasteiger partial charge on any atom is 0.310 e. The lowest BCUT2D eigenvalue weighted by atomic mass is 9.67. The lowest BCUT2D eigenvalue weighted by Crippen LogP contribution is -2.42. The van der Waals surface area contributed by atoms with Crippen LogP contribution in [-0.4, -0.2) is 72.0 Å². The molecule has 0 amide bonds. The Morgan fingerprint density at radius 3 is 1.12 bits per heavy atom. The highest BCUT2D eigenvalue weighted by Gasteiger charge is 2.44. The van der Waals surface area contributed by atoms with Gasteiger partial charge in [0.1, 0.15) is 0 Å². The Morgan fingerprint density at radius 1 is 0.441 bits per heavy atom. The molecule has 0 atom stereocenters. The fraction of sp³-hybridized carbons (Fsp3) is 0.900. The fourth-order valence-corrected chi connectivity index (χ4v) is 13.8. The van der Waals surface area contributed by atoms with E-state index in [4.69, 9.17) is 29.2 Å². The molecule has 386 valence electrons. The number of ether oxygens (including phenoxy) is 4. The van der Waals surface area contributed by atoms with Gasteiger partial charge in [0.05, 0.1) is 24.0 Å². The summed E-state index contributed by atoms with van der Waals surface area (Å²) in [5.74, 6) is 17.8. The highest BCUT2D eigenvalue weighted by Crippen LogP contribution is 2.47. The molecule has 6 aliphatic rings. The average molecular weight is 947 g/mol. The predicted octanol–water partition coefficient (Wildman–Crippen LogP) is 13.4. The smallest absolute Gasteiger partial charge is 0.310 e. The molecule has 0 bridgehead atoms. The Balaban J connectivity index is 1.11. The number of aliphatic hydroxyl groups excluding tert-OH is 2. The number of unbranched alkanes of at least 4 members (excludes halogenated alkanes) is 6. The number of carbonyl (C=O) groups is 2. The van der Waals surface area contributed by atoms with Crippen LogP contribution in [0.2, 0.25) is 0 Å². The van der Waals surface area contributed by atoms with E-state index >= 15 is 0 Å². The molecule has 6 fully saturated rings. The van der Waals surface area contributed by atoms with Crippen molar-refractivity contribution >= 4 is 11.9 Å². The minimum absolute atomic E-state index is 0.0983. The van der Waals surface area contributed by atoms with Crippen molar-refractivity contribution in [3.63, 3.8) is 0 Å². The summed E-state index contributed by atoms with van der Waals surface area (Å²) in [4.78, 5) is 28.2. The zero-order valence-electron chi connectivity index (χ0n) is 43.4. The molecule has 0 aliphatic heterocycles. The summed E-state index contributed by atoms with van der Waals surface area (Å²) in [7, 11) is 0. The van der Waals surface area contributed by atoms with Crippen molar-refractivity contribution < 1.29 is 38.7 Å². The summed E-state index contributed by atoms with van der Waals surface area (Å²) in [6, 6.07) is 0. The lowest BCUT2D eigenvalue weighted by Gasteiger charge is -2.41. The molecule has 8 nitrogen and oxygen atoms in total. The van der Waals surface area contributed by atoms with Crippen molar-refractivity contribution in [1.29, 1.82) is 0 Å². The molecule has 0 spiro atoms. The predicted molar refractivity (Wildman–Crippen MR) is 272 cm³/mol. The van der Waals surface area contributed by atoms with Crippen LogP contribution in [0.4, 0.5) is 0 Å². The molecule has 6 aliphatic carbocycles. The van der Waals surface area contributed by atoms with E-state index in [-0.39, 0.29) is 49.2 Å². The number of esters is 2. The van der Waals surface area contributed by atoms with Gasteiger partial charge in [-0.05, 0) is 213 Å². The first kappa shape index (κ1) is 55.2. The van der Waals surface area contributed by atoms with Crippen LogP contribution in [0.25, 0.3) is 0 Å². The van der Waals surface area contributed by atoms with Gasteiger partial charge in [0.15, 0.2) is 11.2 Å². The maximum absolute atomic E-state index is 14.1. The van der Waals surface area contributed by atoms with E-state index < -0.39 is 11.2 Å². The van der Waals surface area contributed by atoms with Gasteiger partial charge in [-0.1, -0.05) is 90.9 Å². The second-order valence-corrected chi connectivity index (χ2v) is 23.1. The number of hydrogen-bond donors (Lipinski definition) is 2. The maximum atomic E-state index is 14.1. The molecule has 0 aromatic carbocycles. The van der Waals surface area contributed by atoms with Crippen LogP contribution >= 0.6 is 0 Å². The van der Waals surface area contributed by atoms with E-state index in [1.807, 2.05) is 0 Å². The van der Waals surface area contributed by atoms with Crippen molar-refractivity contribution in [1.82, 2.24) is 0 Å². The third-order valence-electron chi connectivity index (χ3n) is 18.2. The highest BCUT2D eigenvalue weighted by molar-refractivity contribution is 5.74. The lowest BCUT2D eigenvalue weighted by molar-refractivity contribution is -0.166. The minimum Gasteiger partial charge on any atom is -0.446 e. The summed E-state index contributed by atoms with van der Waals surface area (Å²) in [6.07, 6.45) is 38.3. The Labute approximate surface area is 415 Å². The van der Waals surface area contributed by atoms with Crippen LogP contribution in [0, 0.1) is 71.0 Å². The van der Waals surface area contributed by atoms with E-state index in [9.17, 15) is 9.59 Å². The summed E-state index contributed by atoms with van der Waals surface area (Å²) >= 11 is 0. The molecule has 0 aromatic rings. The Morgan fingerprint density at radius 2 is 0.779 bits per heavy atom. The largest absolute Gasteiger partial charge is 0.446 e. The van der Waals surface area contributed by atoms with Crippen LogP contribution in [0.1, 0.15) is 245 Å². The third-order valence-corrected chi connectivity index (χ3v) is 18.2. The van der Waals surface area contributed by atoms with Gasteiger partial charge in [-0.2, -0.15) is 0 Å². The molecule has 8 heteroatoms. The normalized spacial score (nSPS) is 34.4. The van der Waals surface area contributed by atoms with Crippen molar-refractivity contribution in [3.05, 3.63) is 0 Å². The van der Waals surface area contributed by atoms with Crippen LogP contribution in [0.3, 0.4) is 0 Å². The van der Waals surface area contributed by atoms with Crippen LogP contribution in [0.15, 0.2) is 0 Å². The summed E-state index contributed by atoms with van der Waals surface area (Å²) < 4.78 is 25.7. The highest BCUT2D eigenvalue weighted by atomic mass is 16.6. The topological polar surface area (TPSA) is 112 Å². The Hall–Kier alpha value is -2.10. The standard InChI is InChI=1S/C60H98O8/c1-3-15-47-17-21-49(22-18-47)51-33-39-59(40-34-51,67-57(63)53-25-29-55(30-26-53)65-45-13-7-5-11-43-61)37-9-10-38-60(41-35-52(36-42-60)50-23-19-48(16-4-2)20-24-50)68-58(64)54-27-31-56(32-28-54)66-46-14-8-6-12-44-62/h47-56,61-62H,3-8,11-36,39-46H2,1-2H3. The van der Waals surface area contributed by atoms with Gasteiger partial charge in [0.2, 0.25) is 0 Å². The van der Waals surface area contributed by atoms with Crippen molar-refractivity contribution in [2.75, 3.05) is 26.4 Å². The molecule has 2 N–H and O–H groups in total. The molecular weight excluding hydrogens is 849 g/mol. The first-order valence-electron chi connectivity index (χ1n) is 29.2. The van der Waals surface area contributed by atoms with Gasteiger partial charge in [-0.3, -0.25) is 9.59 Å². The molecule has 6 rings (SSSR count). The molecule has 68 heavy (non-hydrogen) atoms. The zero-order chi connectivity index (χ0) is 47.9. The monoisotopic (exact) mass is 947 g/mol. The van der Waals surface area contributed by atoms with Crippen molar-refractivity contribution in [2.24, 2.45) is 47.3 Å². The zero-order valence-corrected chi connectivity index (χ0v) is 43.4. The number of aliphatic hydroxyl groups is 2. The molecule has 0 aromatic heterocycles. The van der Waals surface area contributed by atoms with Gasteiger partial charge in [0.25, 0.3) is 0 Å². The Kier molecular flexibility index (Phi) is 24.4. The van der Waals surface area contributed by atoms with Crippen LogP contribution < -0.4 is 0 Å². The van der Waals surface area contributed by atoms with E-state index in [1.54, 1.807) is 0 Å². The first-order chi connectivity index (χ1) is 33.3. The van der Waals surface area contributed by atoms with E-state index in [0.717, 1.165) is 191 Å². The van der Waals surface area contributed by atoms with Gasteiger partial charge >= 0.3 is 11.9 Å². The molecule has 0 heterocycles. The van der Waals surface area contributed by atoms with Crippen molar-refractivity contribution in [2.45, 2.75) is 268 Å². The Bertz CT molecular complexity index is 1420. The van der Waals surface area contributed by atoms with Gasteiger partial charge in [-0.15, -0.1) is 0 Å². The minimum atomic E-state index is -0.832. The number of rotatable bonds is 24. The quantitative estimate of drug-likeness (QED) is 0.0559. The van der Waals surface area contributed by atoms with Crippen LogP contribution in [-0.2, 0) is 28.5 Å². The molecule has 0 unspecified atom stereocenters. The average Bonchev–Trinajstić information content (AvgIpc) is 3.37. The number of hydrogen-bond acceptors (Lipinski definition) is 8.